The monoisotopic (exact) mass is 411 g/mol. The Balaban J connectivity index is 1.62. The first-order valence-corrected chi connectivity index (χ1v) is 9.44. The maximum absolute atomic E-state index is 12.7. The molecule has 1 unspecified atom stereocenters. The van der Waals surface area contributed by atoms with Gasteiger partial charge in [-0.3, -0.25) is 9.69 Å². The van der Waals surface area contributed by atoms with Crippen LogP contribution < -0.4 is 0 Å². The number of alkyl halides is 3. The van der Waals surface area contributed by atoms with E-state index in [0.29, 0.717) is 13.1 Å². The molecule has 0 saturated carbocycles. The van der Waals surface area contributed by atoms with Crippen molar-refractivity contribution in [3.05, 3.63) is 47.3 Å². The average Bonchev–Trinajstić information content (AvgIpc) is 3.18. The van der Waals surface area contributed by atoms with E-state index in [1.165, 1.54) is 17.0 Å². The third-order valence-corrected chi connectivity index (χ3v) is 5.05. The lowest BCUT2D eigenvalue weighted by Crippen LogP contribution is -2.36. The van der Waals surface area contributed by atoms with Crippen LogP contribution in [-0.2, 0) is 12.7 Å². The van der Waals surface area contributed by atoms with E-state index < -0.39 is 11.7 Å². The molecule has 1 atom stereocenters. The predicted octanol–water partition coefficient (Wildman–Crippen LogP) is 2.20. The number of carbonyl (C=O) groups excluding carboxylic acids is 1. The maximum atomic E-state index is 12.7. The molecule has 1 aliphatic rings. The van der Waals surface area contributed by atoms with Crippen molar-refractivity contribution < 1.29 is 23.1 Å². The Labute approximate surface area is 166 Å². The number of amides is 1. The molecule has 158 valence electrons. The van der Waals surface area contributed by atoms with E-state index >= 15 is 0 Å². The van der Waals surface area contributed by atoms with Gasteiger partial charge in [0.2, 0.25) is 0 Å². The van der Waals surface area contributed by atoms with Gasteiger partial charge in [-0.2, -0.15) is 13.2 Å². The molecule has 10 heteroatoms. The van der Waals surface area contributed by atoms with Gasteiger partial charge in [0, 0.05) is 26.7 Å². The van der Waals surface area contributed by atoms with Gasteiger partial charge in [0.25, 0.3) is 5.91 Å². The minimum Gasteiger partial charge on any atom is -0.395 e. The number of nitrogens with zero attached hydrogens (tertiary/aromatic N) is 5. The third-order valence-electron chi connectivity index (χ3n) is 5.05. The van der Waals surface area contributed by atoms with Crippen molar-refractivity contribution in [3.8, 4) is 0 Å². The fourth-order valence-corrected chi connectivity index (χ4v) is 3.45. The summed E-state index contributed by atoms with van der Waals surface area (Å²) in [5, 5.41) is 17.0. The number of rotatable bonds is 6. The van der Waals surface area contributed by atoms with Crippen LogP contribution in [0.4, 0.5) is 13.2 Å². The Bertz CT molecular complexity index is 822. The zero-order valence-corrected chi connectivity index (χ0v) is 16.1. The van der Waals surface area contributed by atoms with Crippen LogP contribution in [0.2, 0.25) is 0 Å². The summed E-state index contributed by atoms with van der Waals surface area (Å²) in [5.41, 5.74) is 0.392. The summed E-state index contributed by atoms with van der Waals surface area (Å²) in [6.07, 6.45) is -0.920. The number of likely N-dealkylation sites (tertiary alicyclic amines) is 1. The first-order chi connectivity index (χ1) is 13.8. The Morgan fingerprint density at radius 2 is 2.03 bits per heavy atom. The number of carbonyl (C=O) groups is 1. The number of aliphatic hydroxyl groups excluding tert-OH is 1. The number of piperidine rings is 1. The Kier molecular flexibility index (Phi) is 6.53. The molecule has 1 amide bonds. The highest BCUT2D eigenvalue weighted by molar-refractivity contribution is 5.91. The quantitative estimate of drug-likeness (QED) is 0.789. The van der Waals surface area contributed by atoms with Crippen molar-refractivity contribution in [3.63, 3.8) is 0 Å². The SMILES string of the molecule is CN(CCO)C(=O)c1cn(C2CCCN(Cc3ccc(C(F)(F)F)cc3)C2)nn1. The van der Waals surface area contributed by atoms with E-state index in [-0.39, 0.29) is 30.8 Å². The minimum atomic E-state index is -4.33. The van der Waals surface area contributed by atoms with E-state index in [1.54, 1.807) is 17.9 Å². The van der Waals surface area contributed by atoms with Gasteiger partial charge in [-0.05, 0) is 37.1 Å². The van der Waals surface area contributed by atoms with Gasteiger partial charge in [-0.25, -0.2) is 4.68 Å². The number of aliphatic hydroxyl groups is 1. The standard InChI is InChI=1S/C19H24F3N5O2/c1-25(9-10-28)18(29)17-13-27(24-23-17)16-3-2-8-26(12-16)11-14-4-6-15(7-5-14)19(20,21)22/h4-7,13,16,28H,2-3,8-12H2,1H3. The zero-order valence-electron chi connectivity index (χ0n) is 16.1. The van der Waals surface area contributed by atoms with E-state index in [1.807, 2.05) is 0 Å². The molecule has 2 aromatic rings. The highest BCUT2D eigenvalue weighted by atomic mass is 19.4. The predicted molar refractivity (Wildman–Crippen MR) is 99.1 cm³/mol. The van der Waals surface area contributed by atoms with E-state index in [4.69, 9.17) is 5.11 Å². The van der Waals surface area contributed by atoms with Crippen molar-refractivity contribution >= 4 is 5.91 Å². The lowest BCUT2D eigenvalue weighted by Gasteiger charge is -2.32. The molecule has 0 radical (unpaired) electrons. The number of aromatic nitrogens is 3. The van der Waals surface area contributed by atoms with E-state index in [2.05, 4.69) is 15.2 Å². The van der Waals surface area contributed by atoms with Crippen LogP contribution >= 0.6 is 0 Å². The fourth-order valence-electron chi connectivity index (χ4n) is 3.45. The van der Waals surface area contributed by atoms with Crippen LogP contribution in [0.3, 0.4) is 0 Å². The molecule has 1 saturated heterocycles. The normalized spacial score (nSPS) is 18.0. The number of hydrogen-bond acceptors (Lipinski definition) is 5. The van der Waals surface area contributed by atoms with Crippen LogP contribution in [0.15, 0.2) is 30.5 Å². The molecule has 1 fully saturated rings. The van der Waals surface area contributed by atoms with Crippen LogP contribution in [0.25, 0.3) is 0 Å². The fraction of sp³-hybridized carbons (Fsp3) is 0.526. The Morgan fingerprint density at radius 3 is 2.69 bits per heavy atom. The van der Waals surface area contributed by atoms with Crippen molar-refractivity contribution in [1.82, 2.24) is 24.8 Å². The molecular weight excluding hydrogens is 387 g/mol. The Hall–Kier alpha value is -2.46. The number of halogens is 3. The molecular formula is C19H24F3N5O2. The lowest BCUT2D eigenvalue weighted by molar-refractivity contribution is -0.137. The topological polar surface area (TPSA) is 74.5 Å². The first-order valence-electron chi connectivity index (χ1n) is 9.44. The largest absolute Gasteiger partial charge is 0.416 e. The second-order valence-corrected chi connectivity index (χ2v) is 7.26. The number of likely N-dealkylation sites (N-methyl/N-ethyl adjacent to an activating group) is 1. The summed E-state index contributed by atoms with van der Waals surface area (Å²) in [6, 6.07) is 5.27. The first kappa shape index (κ1) is 21.3. The van der Waals surface area contributed by atoms with Gasteiger partial charge in [0.05, 0.1) is 24.4 Å². The summed E-state index contributed by atoms with van der Waals surface area (Å²) in [5.74, 6) is -0.303. The van der Waals surface area contributed by atoms with Crippen molar-refractivity contribution in [2.75, 3.05) is 33.3 Å². The summed E-state index contributed by atoms with van der Waals surface area (Å²) in [4.78, 5) is 15.8. The summed E-state index contributed by atoms with van der Waals surface area (Å²) in [7, 11) is 1.59. The van der Waals surface area contributed by atoms with E-state index in [0.717, 1.165) is 37.1 Å². The molecule has 0 bridgehead atoms. The average molecular weight is 411 g/mol. The van der Waals surface area contributed by atoms with Crippen molar-refractivity contribution in [2.24, 2.45) is 0 Å². The van der Waals surface area contributed by atoms with Gasteiger partial charge in [-0.1, -0.05) is 17.3 Å². The summed E-state index contributed by atoms with van der Waals surface area (Å²) in [6.45, 7) is 2.16. The third kappa shape index (κ3) is 5.33. The molecule has 0 spiro atoms. The van der Waals surface area contributed by atoms with Gasteiger partial charge in [-0.15, -0.1) is 5.10 Å². The number of benzene rings is 1. The molecule has 7 nitrogen and oxygen atoms in total. The molecule has 1 aromatic heterocycles. The van der Waals surface area contributed by atoms with Gasteiger partial charge < -0.3 is 10.0 Å². The van der Waals surface area contributed by atoms with Crippen LogP contribution in [0.5, 0.6) is 0 Å². The molecule has 0 aliphatic carbocycles. The maximum Gasteiger partial charge on any atom is 0.416 e. The minimum absolute atomic E-state index is 0.0374. The number of hydrogen-bond donors (Lipinski definition) is 1. The highest BCUT2D eigenvalue weighted by Gasteiger charge is 2.30. The molecule has 3 rings (SSSR count). The summed E-state index contributed by atoms with van der Waals surface area (Å²) < 4.78 is 39.8. The zero-order chi connectivity index (χ0) is 21.0. The van der Waals surface area contributed by atoms with Crippen LogP contribution in [0, 0.1) is 0 Å². The Morgan fingerprint density at radius 1 is 1.31 bits per heavy atom. The molecule has 2 heterocycles. The smallest absolute Gasteiger partial charge is 0.395 e. The summed E-state index contributed by atoms with van der Waals surface area (Å²) >= 11 is 0. The van der Waals surface area contributed by atoms with Crippen LogP contribution in [-0.4, -0.2) is 69.1 Å². The van der Waals surface area contributed by atoms with Gasteiger partial charge in [0.1, 0.15) is 0 Å². The second-order valence-electron chi connectivity index (χ2n) is 7.26. The van der Waals surface area contributed by atoms with E-state index in [9.17, 15) is 18.0 Å². The van der Waals surface area contributed by atoms with Gasteiger partial charge in [0.15, 0.2) is 5.69 Å². The highest BCUT2D eigenvalue weighted by Crippen LogP contribution is 2.29. The molecule has 1 aromatic carbocycles. The second kappa shape index (κ2) is 8.91. The lowest BCUT2D eigenvalue weighted by atomic mass is 10.0. The molecule has 1 aliphatic heterocycles. The van der Waals surface area contributed by atoms with Crippen LogP contribution in [0.1, 0.15) is 40.5 Å². The van der Waals surface area contributed by atoms with Crippen molar-refractivity contribution in [1.29, 1.82) is 0 Å². The van der Waals surface area contributed by atoms with Gasteiger partial charge >= 0.3 is 6.18 Å². The van der Waals surface area contributed by atoms with Crippen molar-refractivity contribution in [2.45, 2.75) is 31.6 Å². The molecule has 1 N–H and O–H groups in total. The molecule has 29 heavy (non-hydrogen) atoms.